The van der Waals surface area contributed by atoms with E-state index in [2.05, 4.69) is 6.58 Å². The van der Waals surface area contributed by atoms with Gasteiger partial charge in [-0.25, -0.2) is 0 Å². The van der Waals surface area contributed by atoms with Gasteiger partial charge in [-0.3, -0.25) is 14.4 Å². The topological polar surface area (TPSA) is 98.2 Å². The molecular formula is C25H32N2O5S. The van der Waals surface area contributed by atoms with E-state index in [4.69, 9.17) is 0 Å². The number of aliphatic hydroxyl groups excluding tert-OH is 1. The van der Waals surface area contributed by atoms with Crippen LogP contribution in [0.5, 0.6) is 0 Å². The van der Waals surface area contributed by atoms with E-state index in [1.807, 2.05) is 44.2 Å². The van der Waals surface area contributed by atoms with Crippen molar-refractivity contribution in [3.63, 3.8) is 0 Å². The maximum absolute atomic E-state index is 14.0. The molecule has 3 saturated heterocycles. The first-order chi connectivity index (χ1) is 15.8. The Labute approximate surface area is 198 Å². The van der Waals surface area contributed by atoms with E-state index in [9.17, 15) is 24.6 Å². The molecule has 6 atom stereocenters. The molecule has 0 saturated carbocycles. The van der Waals surface area contributed by atoms with Gasteiger partial charge in [-0.15, -0.1) is 18.3 Å². The lowest BCUT2D eigenvalue weighted by Gasteiger charge is -2.40. The van der Waals surface area contributed by atoms with Crippen molar-refractivity contribution >= 4 is 29.5 Å². The summed E-state index contributed by atoms with van der Waals surface area (Å²) < 4.78 is -0.777. The van der Waals surface area contributed by atoms with Gasteiger partial charge in [-0.1, -0.05) is 36.4 Å². The number of carbonyl (C=O) groups is 3. The number of fused-ring (bicyclic) bond motifs is 1. The Balaban J connectivity index is 1.79. The van der Waals surface area contributed by atoms with Crippen molar-refractivity contribution in [2.75, 3.05) is 13.2 Å². The fourth-order valence-corrected chi connectivity index (χ4v) is 8.23. The van der Waals surface area contributed by atoms with Crippen LogP contribution in [0, 0.1) is 11.8 Å². The predicted octanol–water partition coefficient (Wildman–Crippen LogP) is 2.19. The summed E-state index contributed by atoms with van der Waals surface area (Å²) >= 11 is 1.51. The van der Waals surface area contributed by atoms with Crippen molar-refractivity contribution in [2.24, 2.45) is 11.8 Å². The maximum atomic E-state index is 14.0. The number of carboxylic acids is 1. The minimum Gasteiger partial charge on any atom is -0.481 e. The van der Waals surface area contributed by atoms with E-state index in [-0.39, 0.29) is 29.7 Å². The molecule has 7 nitrogen and oxygen atoms in total. The minimum absolute atomic E-state index is 0.108. The van der Waals surface area contributed by atoms with Gasteiger partial charge in [0.2, 0.25) is 11.8 Å². The minimum atomic E-state index is -0.976. The maximum Gasteiger partial charge on any atom is 0.308 e. The Morgan fingerprint density at radius 1 is 1.33 bits per heavy atom. The van der Waals surface area contributed by atoms with Gasteiger partial charge < -0.3 is 20.0 Å². The van der Waals surface area contributed by atoms with Crippen molar-refractivity contribution in [1.82, 2.24) is 9.80 Å². The molecule has 1 spiro atoms. The molecule has 3 aliphatic heterocycles. The van der Waals surface area contributed by atoms with Crippen LogP contribution in [-0.4, -0.2) is 79.1 Å². The molecule has 33 heavy (non-hydrogen) atoms. The lowest BCUT2D eigenvalue weighted by Crippen LogP contribution is -2.58. The van der Waals surface area contributed by atoms with Crippen LogP contribution in [0.1, 0.15) is 32.3 Å². The van der Waals surface area contributed by atoms with Crippen LogP contribution < -0.4 is 0 Å². The van der Waals surface area contributed by atoms with Crippen LogP contribution in [0.4, 0.5) is 0 Å². The number of thioether (sulfide) groups is 1. The van der Waals surface area contributed by atoms with Gasteiger partial charge in [0.1, 0.15) is 6.04 Å². The second-order valence-corrected chi connectivity index (χ2v) is 11.1. The van der Waals surface area contributed by atoms with Crippen LogP contribution in [-0.2, 0) is 20.8 Å². The van der Waals surface area contributed by atoms with E-state index in [1.165, 1.54) is 11.8 Å². The molecule has 2 N–H and O–H groups in total. The largest absolute Gasteiger partial charge is 0.481 e. The van der Waals surface area contributed by atoms with Gasteiger partial charge in [0.15, 0.2) is 0 Å². The van der Waals surface area contributed by atoms with E-state index in [0.717, 1.165) is 5.56 Å². The zero-order valence-electron chi connectivity index (χ0n) is 19.1. The molecule has 3 fully saturated rings. The summed E-state index contributed by atoms with van der Waals surface area (Å²) in [6, 6.07) is 8.02. The van der Waals surface area contributed by atoms with Gasteiger partial charge in [-0.05, 0) is 38.7 Å². The third kappa shape index (κ3) is 3.77. The molecule has 178 valence electrons. The van der Waals surface area contributed by atoms with Crippen molar-refractivity contribution in [3.05, 3.63) is 48.6 Å². The Morgan fingerprint density at radius 2 is 2.03 bits per heavy atom. The zero-order valence-corrected chi connectivity index (χ0v) is 19.9. The highest BCUT2D eigenvalue weighted by Crippen LogP contribution is 2.66. The number of hydrogen-bond donors (Lipinski definition) is 2. The molecule has 0 radical (unpaired) electrons. The Morgan fingerprint density at radius 3 is 2.61 bits per heavy atom. The number of rotatable bonds is 9. The molecule has 0 aliphatic carbocycles. The number of amides is 2. The van der Waals surface area contributed by atoms with Crippen molar-refractivity contribution < 1.29 is 24.6 Å². The third-order valence-electron chi connectivity index (χ3n) is 7.41. The van der Waals surface area contributed by atoms with Crippen molar-refractivity contribution in [3.8, 4) is 0 Å². The summed E-state index contributed by atoms with van der Waals surface area (Å²) in [5.74, 6) is -3.04. The second-order valence-electron chi connectivity index (χ2n) is 9.54. The number of carboxylic acid groups (broad SMARTS) is 1. The van der Waals surface area contributed by atoms with Gasteiger partial charge in [0.25, 0.3) is 0 Å². The molecule has 0 aromatic heterocycles. The first kappa shape index (κ1) is 23.8. The molecule has 1 aromatic carbocycles. The Kier molecular flexibility index (Phi) is 6.60. The summed E-state index contributed by atoms with van der Waals surface area (Å²) in [7, 11) is 0. The first-order valence-electron chi connectivity index (χ1n) is 11.6. The van der Waals surface area contributed by atoms with Crippen LogP contribution in [0.25, 0.3) is 0 Å². The Hall–Kier alpha value is -2.32. The number of hydrogen-bond acceptors (Lipinski definition) is 5. The standard InChI is InChI=1S/C25H32N2O5S/c1-4-12-26(15(2)3)23(30)21-25-11-10-18(33-25)19(24(31)32)20(25)22(29)27(21)17(14-28)13-16-8-6-5-7-9-16/h4-9,15,17-21,28H,1,10-14H2,2-3H3,(H,31,32)/t17-,18+,19-,20+,21?,25?/m1/s1. The molecule has 1 aromatic rings. The Bertz CT molecular complexity index is 938. The zero-order chi connectivity index (χ0) is 23.9. The van der Waals surface area contributed by atoms with E-state index < -0.39 is 34.6 Å². The SMILES string of the molecule is C=CCN(C(=O)C1N([C@@H](CO)Cc2ccccc2)C(=O)[C@@H]2[C@H](C(=O)O)[C@@H]3CCC12S3)C(C)C. The van der Waals surface area contributed by atoms with Crippen LogP contribution in [0.15, 0.2) is 43.0 Å². The lowest BCUT2D eigenvalue weighted by atomic mass is 9.71. The van der Waals surface area contributed by atoms with Gasteiger partial charge in [-0.2, -0.15) is 0 Å². The molecule has 2 unspecified atom stereocenters. The van der Waals surface area contributed by atoms with E-state index in [1.54, 1.807) is 15.9 Å². The summed E-state index contributed by atoms with van der Waals surface area (Å²) in [6.45, 7) is 7.66. The number of carbonyl (C=O) groups excluding carboxylic acids is 2. The molecule has 4 rings (SSSR count). The number of nitrogens with zero attached hydrogens (tertiary/aromatic N) is 2. The third-order valence-corrected chi connectivity index (χ3v) is 9.36. The lowest BCUT2D eigenvalue weighted by molar-refractivity contribution is -0.150. The number of likely N-dealkylation sites (tertiary alicyclic amines) is 1. The summed E-state index contributed by atoms with van der Waals surface area (Å²) in [5.41, 5.74) is 0.948. The fraction of sp³-hybridized carbons (Fsp3) is 0.560. The highest BCUT2D eigenvalue weighted by Gasteiger charge is 2.74. The summed E-state index contributed by atoms with van der Waals surface area (Å²) in [4.78, 5) is 43.4. The molecule has 2 amide bonds. The molecule has 3 heterocycles. The first-order valence-corrected chi connectivity index (χ1v) is 12.4. The number of benzene rings is 1. The monoisotopic (exact) mass is 472 g/mol. The smallest absolute Gasteiger partial charge is 0.308 e. The predicted molar refractivity (Wildman–Crippen MR) is 127 cm³/mol. The van der Waals surface area contributed by atoms with Gasteiger partial charge in [0.05, 0.1) is 29.2 Å². The molecule has 3 aliphatic rings. The average Bonchev–Trinajstić information content (AvgIpc) is 3.43. The van der Waals surface area contributed by atoms with Crippen molar-refractivity contribution in [2.45, 2.75) is 61.2 Å². The van der Waals surface area contributed by atoms with Gasteiger partial charge >= 0.3 is 5.97 Å². The van der Waals surface area contributed by atoms with Crippen LogP contribution in [0.2, 0.25) is 0 Å². The average molecular weight is 473 g/mol. The van der Waals surface area contributed by atoms with E-state index in [0.29, 0.717) is 25.8 Å². The summed E-state index contributed by atoms with van der Waals surface area (Å²) in [5, 5.41) is 20.2. The second kappa shape index (κ2) is 9.14. The van der Waals surface area contributed by atoms with E-state index >= 15 is 0 Å². The van der Waals surface area contributed by atoms with Crippen molar-refractivity contribution in [1.29, 1.82) is 0 Å². The molecule has 8 heteroatoms. The molecular weight excluding hydrogens is 440 g/mol. The molecule has 2 bridgehead atoms. The van der Waals surface area contributed by atoms with Gasteiger partial charge in [0, 0.05) is 17.8 Å². The van der Waals surface area contributed by atoms with Crippen LogP contribution >= 0.6 is 11.8 Å². The number of aliphatic carboxylic acids is 1. The summed E-state index contributed by atoms with van der Waals surface area (Å²) in [6.07, 6.45) is 3.36. The quantitative estimate of drug-likeness (QED) is 0.535. The van der Waals surface area contributed by atoms with Crippen LogP contribution in [0.3, 0.4) is 0 Å². The fourth-order valence-electron chi connectivity index (χ4n) is 6.03. The highest BCUT2D eigenvalue weighted by atomic mass is 32.2. The normalized spacial score (nSPS) is 31.0. The highest BCUT2D eigenvalue weighted by molar-refractivity contribution is 8.02. The number of aliphatic hydroxyl groups is 1.